The van der Waals surface area contributed by atoms with Gasteiger partial charge < -0.3 is 10.1 Å². The van der Waals surface area contributed by atoms with E-state index in [0.29, 0.717) is 16.5 Å². The maximum atomic E-state index is 11.9. The zero-order valence-corrected chi connectivity index (χ0v) is 16.0. The maximum Gasteiger partial charge on any atom is 0.264 e. The second-order valence-corrected chi connectivity index (χ2v) is 7.42. The van der Waals surface area contributed by atoms with Crippen molar-refractivity contribution in [1.29, 1.82) is 0 Å². The summed E-state index contributed by atoms with van der Waals surface area (Å²) in [6.45, 7) is 6.31. The van der Waals surface area contributed by atoms with Gasteiger partial charge in [-0.05, 0) is 53.5 Å². The number of nitrogens with one attached hydrogen (secondary N) is 2. The number of benzene rings is 2. The summed E-state index contributed by atoms with van der Waals surface area (Å²) in [4.78, 5) is 11.9. The van der Waals surface area contributed by atoms with Gasteiger partial charge in [-0.25, -0.2) is 0 Å². The highest BCUT2D eigenvalue weighted by atomic mass is 35.5. The van der Waals surface area contributed by atoms with Gasteiger partial charge in [-0.3, -0.25) is 10.1 Å². The Morgan fingerprint density at radius 1 is 1.16 bits per heavy atom. The fraction of sp³-hybridized carbons (Fsp3) is 0.263. The number of anilines is 1. The van der Waals surface area contributed by atoms with Crippen molar-refractivity contribution in [3.05, 3.63) is 59.1 Å². The first kappa shape index (κ1) is 19.2. The van der Waals surface area contributed by atoms with E-state index in [9.17, 15) is 4.79 Å². The van der Waals surface area contributed by atoms with E-state index in [1.54, 1.807) is 24.3 Å². The Morgan fingerprint density at radius 2 is 1.84 bits per heavy atom. The highest BCUT2D eigenvalue weighted by Crippen LogP contribution is 2.24. The van der Waals surface area contributed by atoms with Gasteiger partial charge in [-0.1, -0.05) is 50.6 Å². The Kier molecular flexibility index (Phi) is 6.39. The summed E-state index contributed by atoms with van der Waals surface area (Å²) in [7, 11) is 0. The average Bonchev–Trinajstić information content (AvgIpc) is 2.52. The number of halogens is 1. The van der Waals surface area contributed by atoms with E-state index < -0.39 is 0 Å². The first-order chi connectivity index (χ1) is 11.7. The topological polar surface area (TPSA) is 50.4 Å². The standard InChI is InChI=1S/C19H21ClN2O2S/c1-19(2,3)13-7-9-16(10-8-13)24-12-17(23)22-18(25)21-15-6-4-5-14(20)11-15/h4-11H,12H2,1-3H3,(H2,21,22,23,25). The van der Waals surface area contributed by atoms with Crippen molar-refractivity contribution in [2.24, 2.45) is 0 Å². The predicted molar refractivity (Wildman–Crippen MR) is 106 cm³/mol. The minimum Gasteiger partial charge on any atom is -0.484 e. The molecule has 4 nitrogen and oxygen atoms in total. The number of ether oxygens (including phenoxy) is 1. The molecule has 0 heterocycles. The molecule has 0 aliphatic carbocycles. The van der Waals surface area contributed by atoms with Crippen molar-refractivity contribution >= 4 is 40.5 Å². The number of rotatable bonds is 4. The number of carbonyl (C=O) groups excluding carboxylic acids is 1. The van der Waals surface area contributed by atoms with Gasteiger partial charge in [0.2, 0.25) is 0 Å². The lowest BCUT2D eigenvalue weighted by Crippen LogP contribution is -2.37. The van der Waals surface area contributed by atoms with E-state index in [0.717, 1.165) is 0 Å². The van der Waals surface area contributed by atoms with Crippen LogP contribution < -0.4 is 15.4 Å². The maximum absolute atomic E-state index is 11.9. The van der Waals surface area contributed by atoms with E-state index in [4.69, 9.17) is 28.6 Å². The third-order valence-electron chi connectivity index (χ3n) is 3.43. The van der Waals surface area contributed by atoms with Crippen LogP contribution in [0.25, 0.3) is 0 Å². The van der Waals surface area contributed by atoms with E-state index in [1.165, 1.54) is 5.56 Å². The summed E-state index contributed by atoms with van der Waals surface area (Å²) >= 11 is 11.0. The minimum atomic E-state index is -0.334. The molecule has 0 saturated carbocycles. The highest BCUT2D eigenvalue weighted by Gasteiger charge is 2.13. The van der Waals surface area contributed by atoms with Crippen LogP contribution in [0.4, 0.5) is 5.69 Å². The molecular formula is C19H21ClN2O2S. The average molecular weight is 377 g/mol. The van der Waals surface area contributed by atoms with Crippen LogP contribution in [0.2, 0.25) is 5.02 Å². The van der Waals surface area contributed by atoms with Gasteiger partial charge >= 0.3 is 0 Å². The van der Waals surface area contributed by atoms with Crippen LogP contribution in [0.3, 0.4) is 0 Å². The lowest BCUT2D eigenvalue weighted by Gasteiger charge is -2.19. The van der Waals surface area contributed by atoms with Gasteiger partial charge in [0.05, 0.1) is 0 Å². The summed E-state index contributed by atoms with van der Waals surface area (Å²) in [6, 6.07) is 14.8. The van der Waals surface area contributed by atoms with Gasteiger partial charge in [0.1, 0.15) is 5.75 Å². The first-order valence-corrected chi connectivity index (χ1v) is 8.62. The third kappa shape index (κ3) is 6.36. The fourth-order valence-corrected chi connectivity index (χ4v) is 2.51. The lowest BCUT2D eigenvalue weighted by atomic mass is 9.87. The van der Waals surface area contributed by atoms with Gasteiger partial charge in [0, 0.05) is 10.7 Å². The van der Waals surface area contributed by atoms with Crippen molar-refractivity contribution in [2.45, 2.75) is 26.2 Å². The number of carbonyl (C=O) groups is 1. The molecule has 0 aliphatic rings. The molecule has 25 heavy (non-hydrogen) atoms. The zero-order chi connectivity index (χ0) is 18.4. The van der Waals surface area contributed by atoms with E-state index >= 15 is 0 Å². The summed E-state index contributed by atoms with van der Waals surface area (Å²) in [5.41, 5.74) is 1.99. The van der Waals surface area contributed by atoms with Gasteiger partial charge in [-0.15, -0.1) is 0 Å². The number of hydrogen-bond acceptors (Lipinski definition) is 3. The Hall–Kier alpha value is -2.11. The summed E-state index contributed by atoms with van der Waals surface area (Å²) in [5.74, 6) is 0.302. The number of thiocarbonyl (C=S) groups is 1. The van der Waals surface area contributed by atoms with Crippen LogP contribution in [0.5, 0.6) is 5.75 Å². The molecular weight excluding hydrogens is 356 g/mol. The van der Waals surface area contributed by atoms with Crippen molar-refractivity contribution < 1.29 is 9.53 Å². The molecule has 2 aromatic carbocycles. The predicted octanol–water partition coefficient (Wildman–Crippen LogP) is 4.53. The Bertz CT molecular complexity index is 755. The molecule has 0 saturated heterocycles. The molecule has 6 heteroatoms. The molecule has 2 rings (SSSR count). The monoisotopic (exact) mass is 376 g/mol. The quantitative estimate of drug-likeness (QED) is 0.770. The summed E-state index contributed by atoms with van der Waals surface area (Å²) < 4.78 is 5.49. The normalized spacial score (nSPS) is 10.9. The van der Waals surface area contributed by atoms with E-state index in [2.05, 4.69) is 31.4 Å². The molecule has 2 aromatic rings. The largest absolute Gasteiger partial charge is 0.484 e. The van der Waals surface area contributed by atoms with Crippen LogP contribution in [0, 0.1) is 0 Å². The second kappa shape index (κ2) is 8.32. The third-order valence-corrected chi connectivity index (χ3v) is 3.86. The highest BCUT2D eigenvalue weighted by molar-refractivity contribution is 7.80. The molecule has 132 valence electrons. The molecule has 0 bridgehead atoms. The van der Waals surface area contributed by atoms with Crippen LogP contribution in [0.1, 0.15) is 26.3 Å². The van der Waals surface area contributed by atoms with Crippen LogP contribution in [-0.4, -0.2) is 17.6 Å². The van der Waals surface area contributed by atoms with E-state index in [1.807, 2.05) is 24.3 Å². The van der Waals surface area contributed by atoms with Crippen molar-refractivity contribution in [3.8, 4) is 5.75 Å². The molecule has 0 aliphatic heterocycles. The summed E-state index contributed by atoms with van der Waals surface area (Å²) in [6.07, 6.45) is 0. The Balaban J connectivity index is 1.81. The molecule has 0 spiro atoms. The number of hydrogen-bond donors (Lipinski definition) is 2. The van der Waals surface area contributed by atoms with Crippen LogP contribution in [0.15, 0.2) is 48.5 Å². The fourth-order valence-electron chi connectivity index (χ4n) is 2.09. The van der Waals surface area contributed by atoms with Crippen LogP contribution >= 0.6 is 23.8 Å². The molecule has 1 amide bonds. The molecule has 0 radical (unpaired) electrons. The SMILES string of the molecule is CC(C)(C)c1ccc(OCC(=O)NC(=S)Nc2cccc(Cl)c2)cc1. The van der Waals surface area contributed by atoms with Crippen LogP contribution in [-0.2, 0) is 10.2 Å². The molecule has 0 atom stereocenters. The first-order valence-electron chi connectivity index (χ1n) is 7.84. The van der Waals surface area contributed by atoms with Crippen molar-refractivity contribution in [1.82, 2.24) is 5.32 Å². The Morgan fingerprint density at radius 3 is 2.44 bits per heavy atom. The second-order valence-electron chi connectivity index (χ2n) is 6.58. The summed E-state index contributed by atoms with van der Waals surface area (Å²) in [5, 5.41) is 6.24. The minimum absolute atomic E-state index is 0.0775. The smallest absolute Gasteiger partial charge is 0.264 e. The Labute approximate surface area is 158 Å². The van der Waals surface area contributed by atoms with Gasteiger partial charge in [0.15, 0.2) is 11.7 Å². The molecule has 0 unspecified atom stereocenters. The van der Waals surface area contributed by atoms with E-state index in [-0.39, 0.29) is 23.0 Å². The molecule has 0 aromatic heterocycles. The molecule has 0 fully saturated rings. The van der Waals surface area contributed by atoms with Gasteiger partial charge in [0.25, 0.3) is 5.91 Å². The van der Waals surface area contributed by atoms with Gasteiger partial charge in [-0.2, -0.15) is 0 Å². The van der Waals surface area contributed by atoms with Crippen molar-refractivity contribution in [3.63, 3.8) is 0 Å². The molecule has 2 N–H and O–H groups in total. The lowest BCUT2D eigenvalue weighted by molar-refractivity contribution is -0.121. The van der Waals surface area contributed by atoms with Crippen molar-refractivity contribution in [2.75, 3.05) is 11.9 Å². The number of amides is 1. The zero-order valence-electron chi connectivity index (χ0n) is 14.4.